The summed E-state index contributed by atoms with van der Waals surface area (Å²) in [5.74, 6) is -0.720. The Bertz CT molecular complexity index is 1360. The largest absolute Gasteiger partial charge is 0.324 e. The summed E-state index contributed by atoms with van der Waals surface area (Å²) in [7, 11) is -3.76. The van der Waals surface area contributed by atoms with Crippen molar-refractivity contribution in [2.45, 2.75) is 33.1 Å². The maximum Gasteiger partial charge on any atom is 0.245 e. The molecule has 1 amide bonds. The third kappa shape index (κ3) is 6.50. The van der Waals surface area contributed by atoms with Crippen molar-refractivity contribution in [3.63, 3.8) is 0 Å². The van der Waals surface area contributed by atoms with E-state index in [2.05, 4.69) is 26.1 Å². The van der Waals surface area contributed by atoms with E-state index < -0.39 is 22.5 Å². The van der Waals surface area contributed by atoms with Gasteiger partial charge in [0.2, 0.25) is 15.9 Å². The Morgan fingerprint density at radius 2 is 1.57 bits per heavy atom. The molecule has 35 heavy (non-hydrogen) atoms. The molecule has 0 aliphatic heterocycles. The highest BCUT2D eigenvalue weighted by atomic mass is 35.5. The molecule has 3 rings (SSSR count). The fraction of sp³-hybridized carbons (Fsp3) is 0.259. The second-order valence-electron chi connectivity index (χ2n) is 9.44. The molecule has 0 heterocycles. The van der Waals surface area contributed by atoms with Gasteiger partial charge < -0.3 is 5.32 Å². The Balaban J connectivity index is 1.79. The van der Waals surface area contributed by atoms with Gasteiger partial charge >= 0.3 is 0 Å². The van der Waals surface area contributed by atoms with Crippen molar-refractivity contribution >= 4 is 44.7 Å². The number of anilines is 2. The number of benzene rings is 3. The second-order valence-corrected chi connectivity index (χ2v) is 11.8. The molecule has 6 nitrogen and oxygen atoms in total. The highest BCUT2D eigenvalue weighted by molar-refractivity contribution is 7.92. The van der Waals surface area contributed by atoms with E-state index >= 15 is 0 Å². The Labute approximate surface area is 212 Å². The molecule has 0 fully saturated rings. The smallest absolute Gasteiger partial charge is 0.245 e. The van der Waals surface area contributed by atoms with E-state index in [0.717, 1.165) is 16.1 Å². The zero-order valence-corrected chi connectivity index (χ0v) is 22.0. The number of nitrogens with one attached hydrogen (secondary N) is 1. The maximum atomic E-state index is 13.0. The van der Waals surface area contributed by atoms with Gasteiger partial charge in [0.1, 0.15) is 6.54 Å². The number of hydrogen-bond donors (Lipinski definition) is 1. The van der Waals surface area contributed by atoms with Crippen LogP contribution in [0.3, 0.4) is 0 Å². The van der Waals surface area contributed by atoms with E-state index in [-0.39, 0.29) is 11.2 Å². The normalized spacial score (nSPS) is 11.7. The summed E-state index contributed by atoms with van der Waals surface area (Å²) < 4.78 is 25.9. The van der Waals surface area contributed by atoms with Gasteiger partial charge in [-0.15, -0.1) is 0 Å². The average Bonchev–Trinajstić information content (AvgIpc) is 2.78. The SMILES string of the molecule is Cc1c(Cl)cccc1N(CC(=O)Nc1cccc(C(=O)c2ccc(C(C)(C)C)cc2)c1)S(C)(=O)=O. The fourth-order valence-corrected chi connectivity index (χ4v) is 4.68. The zero-order valence-electron chi connectivity index (χ0n) is 20.4. The van der Waals surface area contributed by atoms with Crippen LogP contribution in [-0.2, 0) is 20.2 Å². The molecule has 0 saturated heterocycles. The number of rotatable bonds is 7. The minimum atomic E-state index is -3.76. The van der Waals surface area contributed by atoms with Crippen molar-refractivity contribution in [1.82, 2.24) is 0 Å². The van der Waals surface area contributed by atoms with E-state index in [1.165, 1.54) is 0 Å². The highest BCUT2D eigenvalue weighted by Crippen LogP contribution is 2.28. The minimum Gasteiger partial charge on any atom is -0.324 e. The van der Waals surface area contributed by atoms with Crippen LogP contribution in [-0.4, -0.2) is 32.9 Å². The first-order valence-corrected chi connectivity index (χ1v) is 13.3. The number of ketones is 1. The van der Waals surface area contributed by atoms with Crippen molar-refractivity contribution in [3.05, 3.63) is 94.0 Å². The Kier molecular flexibility index (Phi) is 7.72. The molecule has 3 aromatic carbocycles. The zero-order chi connectivity index (χ0) is 26.0. The summed E-state index contributed by atoms with van der Waals surface area (Å²) in [5.41, 5.74) is 3.34. The first kappa shape index (κ1) is 26.4. The van der Waals surface area contributed by atoms with Crippen LogP contribution < -0.4 is 9.62 Å². The third-order valence-corrected chi connectivity index (χ3v) is 7.15. The van der Waals surface area contributed by atoms with E-state index in [0.29, 0.717) is 33.1 Å². The lowest BCUT2D eigenvalue weighted by atomic mass is 9.86. The minimum absolute atomic E-state index is 0.0186. The van der Waals surface area contributed by atoms with Crippen molar-refractivity contribution in [2.24, 2.45) is 0 Å². The standard InChI is InChI=1S/C27H29ClN2O4S/c1-18-23(28)10-7-11-24(18)30(35(5,33)34)17-25(31)29-22-9-6-8-20(16-22)26(32)19-12-14-21(15-13-19)27(2,3)4/h6-16H,17H2,1-5H3,(H,29,31). The maximum absolute atomic E-state index is 13.0. The predicted molar refractivity (Wildman–Crippen MR) is 142 cm³/mol. The number of hydrogen-bond acceptors (Lipinski definition) is 4. The molecule has 0 aromatic heterocycles. The van der Waals surface area contributed by atoms with E-state index in [4.69, 9.17) is 11.6 Å². The van der Waals surface area contributed by atoms with Crippen LogP contribution in [0.1, 0.15) is 47.8 Å². The molecule has 0 aliphatic carbocycles. The topological polar surface area (TPSA) is 83.6 Å². The second kappa shape index (κ2) is 10.2. The monoisotopic (exact) mass is 512 g/mol. The van der Waals surface area contributed by atoms with Gasteiger partial charge in [0.05, 0.1) is 11.9 Å². The number of sulfonamides is 1. The van der Waals surface area contributed by atoms with Crippen LogP contribution in [0.4, 0.5) is 11.4 Å². The summed E-state index contributed by atoms with van der Waals surface area (Å²) in [4.78, 5) is 25.8. The Hall–Kier alpha value is -3.16. The number of carbonyl (C=O) groups excluding carboxylic acids is 2. The first-order chi connectivity index (χ1) is 16.3. The summed E-state index contributed by atoms with van der Waals surface area (Å²) in [6, 6.07) is 18.9. The lowest BCUT2D eigenvalue weighted by Crippen LogP contribution is -2.37. The summed E-state index contributed by atoms with van der Waals surface area (Å²) in [5, 5.41) is 3.10. The molecule has 0 bridgehead atoms. The van der Waals surface area contributed by atoms with Gasteiger partial charge in [-0.05, 0) is 47.7 Å². The van der Waals surface area contributed by atoms with Gasteiger partial charge in [0.25, 0.3) is 0 Å². The van der Waals surface area contributed by atoms with E-state index in [1.54, 1.807) is 61.5 Å². The van der Waals surface area contributed by atoms with Crippen molar-refractivity contribution in [3.8, 4) is 0 Å². The van der Waals surface area contributed by atoms with Gasteiger partial charge in [0, 0.05) is 21.8 Å². The number of amides is 1. The van der Waals surface area contributed by atoms with Crippen molar-refractivity contribution in [2.75, 3.05) is 22.4 Å². The molecular weight excluding hydrogens is 484 g/mol. The van der Waals surface area contributed by atoms with Gasteiger partial charge in [-0.3, -0.25) is 13.9 Å². The van der Waals surface area contributed by atoms with Gasteiger partial charge in [-0.2, -0.15) is 0 Å². The van der Waals surface area contributed by atoms with Gasteiger partial charge in [0.15, 0.2) is 5.78 Å². The molecule has 8 heteroatoms. The summed E-state index contributed by atoms with van der Waals surface area (Å²) in [6.45, 7) is 7.57. The van der Waals surface area contributed by atoms with Crippen LogP contribution in [0.15, 0.2) is 66.7 Å². The predicted octanol–water partition coefficient (Wildman–Crippen LogP) is 5.58. The molecule has 0 atom stereocenters. The molecule has 0 aliphatic rings. The third-order valence-electron chi connectivity index (χ3n) is 5.62. The molecule has 0 unspecified atom stereocenters. The molecule has 0 spiro atoms. The quantitative estimate of drug-likeness (QED) is 0.419. The van der Waals surface area contributed by atoms with Crippen LogP contribution >= 0.6 is 11.6 Å². The van der Waals surface area contributed by atoms with E-state index in [1.807, 2.05) is 12.1 Å². The lowest BCUT2D eigenvalue weighted by Gasteiger charge is -2.24. The van der Waals surface area contributed by atoms with Gasteiger partial charge in [-0.25, -0.2) is 8.42 Å². The molecule has 0 radical (unpaired) electrons. The van der Waals surface area contributed by atoms with Crippen molar-refractivity contribution < 1.29 is 18.0 Å². The highest BCUT2D eigenvalue weighted by Gasteiger charge is 2.23. The number of carbonyl (C=O) groups is 2. The van der Waals surface area contributed by atoms with Crippen LogP contribution in [0.5, 0.6) is 0 Å². The molecule has 184 valence electrons. The summed E-state index contributed by atoms with van der Waals surface area (Å²) in [6.07, 6.45) is 1.03. The van der Waals surface area contributed by atoms with Gasteiger partial charge in [-0.1, -0.05) is 74.8 Å². The van der Waals surface area contributed by atoms with Crippen LogP contribution in [0.2, 0.25) is 5.02 Å². The molecule has 3 aromatic rings. The number of halogens is 1. The average molecular weight is 513 g/mol. The Morgan fingerprint density at radius 1 is 0.943 bits per heavy atom. The number of nitrogens with zero attached hydrogens (tertiary/aromatic N) is 1. The first-order valence-electron chi connectivity index (χ1n) is 11.1. The molecule has 0 saturated carbocycles. The lowest BCUT2D eigenvalue weighted by molar-refractivity contribution is -0.114. The molecular formula is C27H29ClN2O4S. The van der Waals surface area contributed by atoms with E-state index in [9.17, 15) is 18.0 Å². The molecule has 1 N–H and O–H groups in total. The fourth-order valence-electron chi connectivity index (χ4n) is 3.60. The van der Waals surface area contributed by atoms with Crippen molar-refractivity contribution in [1.29, 1.82) is 0 Å². The Morgan fingerprint density at radius 3 is 2.17 bits per heavy atom. The van der Waals surface area contributed by atoms with Crippen LogP contribution in [0.25, 0.3) is 0 Å². The summed E-state index contributed by atoms with van der Waals surface area (Å²) >= 11 is 6.15. The van der Waals surface area contributed by atoms with Crippen LogP contribution in [0, 0.1) is 6.92 Å².